The summed E-state index contributed by atoms with van der Waals surface area (Å²) in [5.41, 5.74) is 5.05. The Labute approximate surface area is 403 Å². The highest BCUT2D eigenvalue weighted by Gasteiger charge is 2.44. The van der Waals surface area contributed by atoms with Crippen molar-refractivity contribution in [2.24, 2.45) is 5.41 Å². The molecular formula is C51H67N7O9S. The molecular weight excluding hydrogens is 887 g/mol. The molecule has 6 N–H and O–H groups in total. The van der Waals surface area contributed by atoms with E-state index < -0.39 is 47.1 Å². The van der Waals surface area contributed by atoms with Crippen molar-refractivity contribution in [3.8, 4) is 10.4 Å². The van der Waals surface area contributed by atoms with E-state index in [-0.39, 0.29) is 50.3 Å². The van der Waals surface area contributed by atoms with E-state index in [9.17, 15) is 33.9 Å². The average Bonchev–Trinajstić information content (AvgIpc) is 3.90. The van der Waals surface area contributed by atoms with Gasteiger partial charge in [0.25, 0.3) is 5.91 Å². The number of carbonyl (C=O) groups is 6. The van der Waals surface area contributed by atoms with Gasteiger partial charge in [-0.3, -0.25) is 29.3 Å². The van der Waals surface area contributed by atoms with E-state index in [0.29, 0.717) is 35.7 Å². The number of hydrogen-bond donors (Lipinski definition) is 6. The summed E-state index contributed by atoms with van der Waals surface area (Å²) in [6.07, 6.45) is 3.88. The quantitative estimate of drug-likeness (QED) is 0.0440. The molecule has 0 aliphatic carbocycles. The van der Waals surface area contributed by atoms with Crippen molar-refractivity contribution in [1.29, 1.82) is 0 Å². The third-order valence-electron chi connectivity index (χ3n) is 11.1. The number of aryl methyl sites for hydroxylation is 1. The molecule has 17 heteroatoms. The largest absolute Gasteiger partial charge is 0.444 e. The zero-order valence-corrected chi connectivity index (χ0v) is 41.1. The van der Waals surface area contributed by atoms with Crippen molar-refractivity contribution < 1.29 is 43.3 Å². The fourth-order valence-corrected chi connectivity index (χ4v) is 8.40. The van der Waals surface area contributed by atoms with Crippen LogP contribution in [0.2, 0.25) is 0 Å². The summed E-state index contributed by atoms with van der Waals surface area (Å²) in [6.45, 7) is 13.4. The molecule has 68 heavy (non-hydrogen) atoms. The third-order valence-corrected chi connectivity index (χ3v) is 12.1. The highest BCUT2D eigenvalue weighted by Crippen LogP contribution is 2.29. The molecule has 0 radical (unpaired) electrons. The zero-order valence-electron chi connectivity index (χ0n) is 40.2. The Morgan fingerprint density at radius 3 is 2.09 bits per heavy atom. The number of nitrogens with one attached hydrogen (secondary N) is 5. The average molecular weight is 954 g/mol. The smallest absolute Gasteiger partial charge is 0.412 e. The number of aliphatic hydroxyl groups is 1. The molecule has 1 saturated heterocycles. The lowest BCUT2D eigenvalue weighted by Gasteiger charge is -2.35. The molecule has 3 aromatic carbocycles. The SMILES string of the molecule is Cc1ncsc1-c1ccc(CNC(=O)[C@@H]2C[C@@H](O)CN2C(=O)[C@@H](NC(=O)CCCCCCCCOCC(=O)Nc2ccc(C(=O)Nc3ccccc3NC(=O)OC(C)(C)C)cc2)C(C)(C)C)cc1. The normalized spacial score (nSPS) is 15.3. The van der Waals surface area contributed by atoms with E-state index >= 15 is 0 Å². The van der Waals surface area contributed by atoms with Gasteiger partial charge in [-0.15, -0.1) is 11.3 Å². The number of aliphatic hydroxyl groups excluding tert-OH is 1. The number of hydrogen-bond acceptors (Lipinski definition) is 11. The van der Waals surface area contributed by atoms with Gasteiger partial charge in [0.15, 0.2) is 0 Å². The number of nitrogens with zero attached hydrogens (tertiary/aromatic N) is 2. The maximum absolute atomic E-state index is 14.0. The number of rotatable bonds is 21. The van der Waals surface area contributed by atoms with E-state index in [4.69, 9.17) is 9.47 Å². The van der Waals surface area contributed by atoms with Gasteiger partial charge in [0.05, 0.1) is 33.6 Å². The predicted octanol–water partition coefficient (Wildman–Crippen LogP) is 8.21. The van der Waals surface area contributed by atoms with E-state index in [1.165, 1.54) is 4.90 Å². The Bertz CT molecular complexity index is 2340. The van der Waals surface area contributed by atoms with E-state index in [0.717, 1.165) is 53.8 Å². The number of unbranched alkanes of at least 4 members (excludes halogenated alkanes) is 5. The van der Waals surface area contributed by atoms with Crippen LogP contribution in [-0.4, -0.2) is 94.2 Å². The number of thiazole rings is 1. The molecule has 4 aromatic rings. The van der Waals surface area contributed by atoms with E-state index in [1.54, 1.807) is 80.6 Å². The van der Waals surface area contributed by atoms with Crippen LogP contribution in [0, 0.1) is 12.3 Å². The number of benzene rings is 3. The van der Waals surface area contributed by atoms with Crippen LogP contribution in [0.1, 0.15) is 115 Å². The highest BCUT2D eigenvalue weighted by atomic mass is 32.1. The van der Waals surface area contributed by atoms with Gasteiger partial charge < -0.3 is 40.7 Å². The van der Waals surface area contributed by atoms with Crippen LogP contribution in [0.4, 0.5) is 21.9 Å². The highest BCUT2D eigenvalue weighted by molar-refractivity contribution is 7.13. The number of amides is 6. The molecule has 0 bridgehead atoms. The lowest BCUT2D eigenvalue weighted by Crippen LogP contribution is -2.57. The molecule has 16 nitrogen and oxygen atoms in total. The van der Waals surface area contributed by atoms with Crippen molar-refractivity contribution in [3.05, 3.63) is 95.1 Å². The Morgan fingerprint density at radius 1 is 0.809 bits per heavy atom. The molecule has 3 atom stereocenters. The molecule has 6 amide bonds. The molecule has 0 spiro atoms. The first-order valence-electron chi connectivity index (χ1n) is 23.2. The first-order chi connectivity index (χ1) is 32.3. The van der Waals surface area contributed by atoms with Gasteiger partial charge in [-0.2, -0.15) is 0 Å². The van der Waals surface area contributed by atoms with Crippen molar-refractivity contribution >= 4 is 64.0 Å². The molecule has 2 heterocycles. The predicted molar refractivity (Wildman–Crippen MR) is 264 cm³/mol. The Kier molecular flexibility index (Phi) is 19.2. The summed E-state index contributed by atoms with van der Waals surface area (Å²) in [7, 11) is 0. The number of anilines is 3. The van der Waals surface area contributed by atoms with Gasteiger partial charge in [-0.05, 0) is 93.5 Å². The number of para-hydroxylation sites is 2. The number of likely N-dealkylation sites (tertiary alicyclic amines) is 1. The van der Waals surface area contributed by atoms with Gasteiger partial charge in [0.2, 0.25) is 23.6 Å². The summed E-state index contributed by atoms with van der Waals surface area (Å²) in [5.74, 6) is -1.70. The Hall–Kier alpha value is -6.17. The van der Waals surface area contributed by atoms with Gasteiger partial charge in [0, 0.05) is 43.8 Å². The number of aromatic nitrogens is 1. The third kappa shape index (κ3) is 16.6. The van der Waals surface area contributed by atoms with Crippen LogP contribution in [0.25, 0.3) is 10.4 Å². The van der Waals surface area contributed by atoms with Gasteiger partial charge in [0.1, 0.15) is 24.3 Å². The molecule has 1 fully saturated rings. The molecule has 1 aliphatic heterocycles. The van der Waals surface area contributed by atoms with Crippen LogP contribution in [0.15, 0.2) is 78.3 Å². The van der Waals surface area contributed by atoms with Crippen LogP contribution in [0.3, 0.4) is 0 Å². The summed E-state index contributed by atoms with van der Waals surface area (Å²) in [5, 5.41) is 24.6. The summed E-state index contributed by atoms with van der Waals surface area (Å²) in [4.78, 5) is 85.1. The second-order valence-electron chi connectivity index (χ2n) is 19.1. The molecule has 1 aliphatic rings. The molecule has 1 aromatic heterocycles. The van der Waals surface area contributed by atoms with E-state index in [2.05, 4.69) is 31.6 Å². The summed E-state index contributed by atoms with van der Waals surface area (Å²) >= 11 is 1.57. The maximum Gasteiger partial charge on any atom is 0.412 e. The molecule has 0 saturated carbocycles. The number of carbonyl (C=O) groups excluding carboxylic acids is 6. The second kappa shape index (κ2) is 24.7. The first kappa shape index (κ1) is 52.8. The maximum atomic E-state index is 14.0. The molecule has 0 unspecified atom stereocenters. The van der Waals surface area contributed by atoms with Gasteiger partial charge >= 0.3 is 6.09 Å². The van der Waals surface area contributed by atoms with Gasteiger partial charge in [-0.1, -0.05) is 82.9 Å². The topological polar surface area (TPSA) is 217 Å². The van der Waals surface area contributed by atoms with E-state index in [1.807, 2.05) is 57.5 Å². The number of β-amino-alcohol motifs (C(OH)–C–C–N with tert-alkyl or cyclic N) is 1. The van der Waals surface area contributed by atoms with Gasteiger partial charge in [-0.25, -0.2) is 9.78 Å². The fraction of sp³-hybridized carbons (Fsp3) is 0.471. The zero-order chi connectivity index (χ0) is 49.4. The monoisotopic (exact) mass is 953 g/mol. The Morgan fingerprint density at radius 2 is 1.46 bits per heavy atom. The summed E-state index contributed by atoms with van der Waals surface area (Å²) in [6, 6.07) is 19.3. The van der Waals surface area contributed by atoms with Crippen molar-refractivity contribution in [3.63, 3.8) is 0 Å². The standard InChI is InChI=1S/C51H67N7O9S/c1-33-44(68-32-53-33)35-21-19-34(20-22-35)29-52-47(63)41-28-38(59)30-58(41)48(64)45(50(2,3)4)57-42(60)18-12-10-8-9-11-15-27-66-31-43(61)54-37-25-23-36(24-26-37)46(62)55-39-16-13-14-17-40(39)56-49(65)67-51(5,6)7/h13-14,16-17,19-26,32,38,41,45,59H,8-12,15,18,27-31H2,1-7H3,(H,52,63)(H,54,61)(H,55,62)(H,56,65)(H,57,60)/t38-,41+,45-/m1/s1. The minimum Gasteiger partial charge on any atom is -0.444 e. The first-order valence-corrected chi connectivity index (χ1v) is 24.1. The van der Waals surface area contributed by atoms with Crippen LogP contribution >= 0.6 is 11.3 Å². The second-order valence-corrected chi connectivity index (χ2v) is 20.0. The van der Waals surface area contributed by atoms with Crippen molar-refractivity contribution in [2.75, 3.05) is 35.7 Å². The van der Waals surface area contributed by atoms with Crippen molar-refractivity contribution in [2.45, 2.75) is 130 Å². The number of ether oxygens (including phenoxy) is 2. The molecule has 366 valence electrons. The minimum atomic E-state index is -0.882. The van der Waals surface area contributed by atoms with Crippen LogP contribution in [0.5, 0.6) is 0 Å². The van der Waals surface area contributed by atoms with Crippen LogP contribution < -0.4 is 26.6 Å². The van der Waals surface area contributed by atoms with Crippen molar-refractivity contribution in [1.82, 2.24) is 20.5 Å². The lowest BCUT2D eigenvalue weighted by atomic mass is 9.85. The Balaban J connectivity index is 0.942. The minimum absolute atomic E-state index is 0.00995. The fourth-order valence-electron chi connectivity index (χ4n) is 7.59. The molecule has 5 rings (SSSR count). The lowest BCUT2D eigenvalue weighted by molar-refractivity contribution is -0.144. The van der Waals surface area contributed by atoms with Crippen LogP contribution in [-0.2, 0) is 35.2 Å². The summed E-state index contributed by atoms with van der Waals surface area (Å²) < 4.78 is 10.9.